The summed E-state index contributed by atoms with van der Waals surface area (Å²) >= 11 is 1.44. The number of carbonyl (C=O) groups is 1. The number of anilines is 2. The maximum Gasteiger partial charge on any atom is 0.271 e. The van der Waals surface area contributed by atoms with Crippen LogP contribution in [0.15, 0.2) is 88.8 Å². The van der Waals surface area contributed by atoms with Crippen molar-refractivity contribution in [2.24, 2.45) is 4.99 Å². The molecule has 1 fully saturated rings. The van der Waals surface area contributed by atoms with Gasteiger partial charge in [-0.15, -0.1) is 0 Å². The van der Waals surface area contributed by atoms with Crippen LogP contribution in [-0.4, -0.2) is 23.2 Å². The number of thioether (sulfide) groups is 1. The van der Waals surface area contributed by atoms with Crippen molar-refractivity contribution in [2.45, 2.75) is 52.0 Å². The molecule has 4 nitrogen and oxygen atoms in total. The largest absolute Gasteiger partial charge is 0.366 e. The minimum atomic E-state index is -0.0413. The highest BCUT2D eigenvalue weighted by Gasteiger charge is 2.37. The van der Waals surface area contributed by atoms with Crippen LogP contribution in [0.4, 0.5) is 17.1 Å². The highest BCUT2D eigenvalue weighted by atomic mass is 32.2. The zero-order chi connectivity index (χ0) is 25.3. The Balaban J connectivity index is 1.53. The third-order valence-corrected chi connectivity index (χ3v) is 7.93. The lowest BCUT2D eigenvalue weighted by Crippen LogP contribution is -2.48. The molecular formula is C31H33N3OS. The Morgan fingerprint density at radius 1 is 1.03 bits per heavy atom. The Kier molecular flexibility index (Phi) is 6.76. The smallest absolute Gasteiger partial charge is 0.271 e. The van der Waals surface area contributed by atoms with Gasteiger partial charge in [-0.25, -0.2) is 4.99 Å². The van der Waals surface area contributed by atoms with Crippen LogP contribution in [0.25, 0.3) is 6.08 Å². The third kappa shape index (κ3) is 4.72. The number of amides is 1. The number of hydrogen-bond acceptors (Lipinski definition) is 4. The van der Waals surface area contributed by atoms with E-state index in [9.17, 15) is 4.79 Å². The molecule has 0 spiro atoms. The SMILES string of the molecule is CCCN1c2ccc(/C=C3/SC(=Nc4ccccc4)N(c4ccccc4)C3=O)cc2C(C)CC1(C)C. The first-order chi connectivity index (χ1) is 17.4. The molecule has 184 valence electrons. The first-order valence-corrected chi connectivity index (χ1v) is 13.5. The van der Waals surface area contributed by atoms with E-state index in [0.717, 1.165) is 36.3 Å². The molecule has 3 aromatic rings. The first-order valence-electron chi connectivity index (χ1n) is 12.7. The molecule has 36 heavy (non-hydrogen) atoms. The summed E-state index contributed by atoms with van der Waals surface area (Å²) < 4.78 is 0. The standard InChI is InChI=1S/C31H33N3OS/c1-5-18-33-27-17-16-23(19-26(27)22(2)21-31(33,3)4)20-28-29(35)34(25-14-10-7-11-15-25)30(36-28)32-24-12-8-6-9-13-24/h6-17,19-20,22H,5,18,21H2,1-4H3/b28-20+,32-30?. The molecule has 1 atom stereocenters. The number of benzene rings is 3. The molecule has 1 unspecified atom stereocenters. The number of carbonyl (C=O) groups excluding carboxylic acids is 1. The van der Waals surface area contributed by atoms with Crippen LogP contribution in [0.2, 0.25) is 0 Å². The van der Waals surface area contributed by atoms with E-state index in [-0.39, 0.29) is 11.4 Å². The van der Waals surface area contributed by atoms with Crippen molar-refractivity contribution >= 4 is 46.0 Å². The number of hydrogen-bond donors (Lipinski definition) is 0. The van der Waals surface area contributed by atoms with E-state index in [2.05, 4.69) is 50.8 Å². The first kappa shape index (κ1) is 24.4. The predicted molar refractivity (Wildman–Crippen MR) is 154 cm³/mol. The molecule has 5 heteroatoms. The molecular weight excluding hydrogens is 462 g/mol. The average Bonchev–Trinajstić information content (AvgIpc) is 3.17. The van der Waals surface area contributed by atoms with Gasteiger partial charge in [-0.05, 0) is 98.0 Å². The zero-order valence-electron chi connectivity index (χ0n) is 21.4. The van der Waals surface area contributed by atoms with Crippen molar-refractivity contribution < 1.29 is 4.79 Å². The molecule has 0 bridgehead atoms. The fourth-order valence-electron chi connectivity index (χ4n) is 5.36. The summed E-state index contributed by atoms with van der Waals surface area (Å²) in [6.45, 7) is 10.3. The molecule has 5 rings (SSSR count). The molecule has 2 aliphatic heterocycles. The van der Waals surface area contributed by atoms with Gasteiger partial charge in [-0.3, -0.25) is 9.69 Å². The fourth-order valence-corrected chi connectivity index (χ4v) is 6.36. The summed E-state index contributed by atoms with van der Waals surface area (Å²) in [6, 6.07) is 26.2. The summed E-state index contributed by atoms with van der Waals surface area (Å²) in [6.07, 6.45) is 4.25. The minimum absolute atomic E-state index is 0.0413. The summed E-state index contributed by atoms with van der Waals surface area (Å²) in [4.78, 5) is 23.4. The molecule has 1 amide bonds. The van der Waals surface area contributed by atoms with E-state index in [1.54, 1.807) is 4.90 Å². The molecule has 0 N–H and O–H groups in total. The van der Waals surface area contributed by atoms with Crippen LogP contribution < -0.4 is 9.80 Å². The lowest BCUT2D eigenvalue weighted by Gasteiger charge is -2.47. The second-order valence-electron chi connectivity index (χ2n) is 10.2. The van der Waals surface area contributed by atoms with Crippen molar-refractivity contribution in [2.75, 3.05) is 16.3 Å². The molecule has 0 aliphatic carbocycles. The van der Waals surface area contributed by atoms with E-state index >= 15 is 0 Å². The number of fused-ring (bicyclic) bond motifs is 1. The third-order valence-electron chi connectivity index (χ3n) is 6.96. The van der Waals surface area contributed by atoms with Gasteiger partial charge >= 0.3 is 0 Å². The van der Waals surface area contributed by atoms with Gasteiger partial charge < -0.3 is 4.90 Å². The summed E-state index contributed by atoms with van der Waals surface area (Å²) in [5.74, 6) is 0.421. The number of nitrogens with zero attached hydrogens (tertiary/aromatic N) is 3. The highest BCUT2D eigenvalue weighted by molar-refractivity contribution is 8.19. The van der Waals surface area contributed by atoms with Crippen LogP contribution in [0.3, 0.4) is 0 Å². The highest BCUT2D eigenvalue weighted by Crippen LogP contribution is 2.44. The van der Waals surface area contributed by atoms with Gasteiger partial charge in [0.15, 0.2) is 5.17 Å². The predicted octanol–water partition coefficient (Wildman–Crippen LogP) is 8.00. The van der Waals surface area contributed by atoms with Crippen molar-refractivity contribution in [3.8, 4) is 0 Å². The topological polar surface area (TPSA) is 35.9 Å². The van der Waals surface area contributed by atoms with Crippen molar-refractivity contribution in [3.05, 3.63) is 94.9 Å². The Hall–Kier alpha value is -3.31. The van der Waals surface area contributed by atoms with Crippen molar-refractivity contribution in [3.63, 3.8) is 0 Å². The minimum Gasteiger partial charge on any atom is -0.366 e. The van der Waals surface area contributed by atoms with Gasteiger partial charge in [0, 0.05) is 17.8 Å². The fraction of sp³-hybridized carbons (Fsp3) is 0.290. The second-order valence-corrected chi connectivity index (χ2v) is 11.2. The number of aliphatic imine (C=N–C) groups is 1. The summed E-state index contributed by atoms with van der Waals surface area (Å²) in [5.41, 5.74) is 5.54. The Bertz CT molecular complexity index is 1310. The number of amidine groups is 1. The molecule has 3 aromatic carbocycles. The van der Waals surface area contributed by atoms with Gasteiger partial charge in [0.25, 0.3) is 5.91 Å². The van der Waals surface area contributed by atoms with Crippen LogP contribution in [0.1, 0.15) is 57.6 Å². The van der Waals surface area contributed by atoms with E-state index in [1.165, 1.54) is 23.0 Å². The monoisotopic (exact) mass is 495 g/mol. The van der Waals surface area contributed by atoms with E-state index in [4.69, 9.17) is 4.99 Å². The van der Waals surface area contributed by atoms with Crippen LogP contribution in [-0.2, 0) is 4.79 Å². The van der Waals surface area contributed by atoms with Gasteiger partial charge in [0.2, 0.25) is 0 Å². The van der Waals surface area contributed by atoms with E-state index in [0.29, 0.717) is 16.0 Å². The Morgan fingerprint density at radius 2 is 1.72 bits per heavy atom. The lowest BCUT2D eigenvalue weighted by molar-refractivity contribution is -0.113. The van der Waals surface area contributed by atoms with Gasteiger partial charge in [0.1, 0.15) is 0 Å². The average molecular weight is 496 g/mol. The molecule has 1 saturated heterocycles. The maximum atomic E-state index is 13.6. The Labute approximate surface area is 218 Å². The summed E-state index contributed by atoms with van der Waals surface area (Å²) in [7, 11) is 0. The second kappa shape index (κ2) is 9.98. The van der Waals surface area contributed by atoms with Crippen molar-refractivity contribution in [1.29, 1.82) is 0 Å². The van der Waals surface area contributed by atoms with Crippen molar-refractivity contribution in [1.82, 2.24) is 0 Å². The lowest BCUT2D eigenvalue weighted by atomic mass is 9.79. The van der Waals surface area contributed by atoms with Gasteiger partial charge in [0.05, 0.1) is 16.3 Å². The van der Waals surface area contributed by atoms with Crippen LogP contribution >= 0.6 is 11.8 Å². The number of para-hydroxylation sites is 2. The summed E-state index contributed by atoms with van der Waals surface area (Å²) in [5, 5.41) is 0.672. The van der Waals surface area contributed by atoms with Gasteiger partial charge in [-0.2, -0.15) is 0 Å². The molecule has 2 aliphatic rings. The van der Waals surface area contributed by atoms with Gasteiger partial charge in [-0.1, -0.05) is 56.3 Å². The molecule has 0 saturated carbocycles. The molecule has 0 aromatic heterocycles. The molecule has 2 heterocycles. The van der Waals surface area contributed by atoms with E-state index in [1.807, 2.05) is 66.7 Å². The Morgan fingerprint density at radius 3 is 2.42 bits per heavy atom. The van der Waals surface area contributed by atoms with Crippen LogP contribution in [0, 0.1) is 0 Å². The van der Waals surface area contributed by atoms with E-state index < -0.39 is 0 Å². The maximum absolute atomic E-state index is 13.6. The quantitative estimate of drug-likeness (QED) is 0.336. The molecule has 0 radical (unpaired) electrons. The number of rotatable bonds is 5. The zero-order valence-corrected chi connectivity index (χ0v) is 22.3. The normalized spacial score (nSPS) is 21.3. The van der Waals surface area contributed by atoms with Crippen LogP contribution in [0.5, 0.6) is 0 Å².